The van der Waals surface area contributed by atoms with Crippen LogP contribution in [0.15, 0.2) is 24.4 Å². The predicted molar refractivity (Wildman–Crippen MR) is 75.6 cm³/mol. The summed E-state index contributed by atoms with van der Waals surface area (Å²) < 4.78 is 0. The lowest BCUT2D eigenvalue weighted by molar-refractivity contribution is 0.520. The number of aromatic amines is 1. The molecule has 0 bridgehead atoms. The van der Waals surface area contributed by atoms with E-state index < -0.39 is 0 Å². The minimum absolute atomic E-state index is 0.550. The van der Waals surface area contributed by atoms with Crippen molar-refractivity contribution in [2.24, 2.45) is 5.73 Å². The van der Waals surface area contributed by atoms with Crippen LogP contribution in [-0.4, -0.2) is 17.6 Å². The molecule has 3 nitrogen and oxygen atoms in total. The third kappa shape index (κ3) is 1.93. The van der Waals surface area contributed by atoms with Crippen LogP contribution in [0.25, 0.3) is 10.9 Å². The fraction of sp³-hybridized carbons (Fsp3) is 0.467. The van der Waals surface area contributed by atoms with Gasteiger partial charge in [0.2, 0.25) is 0 Å². The zero-order valence-corrected chi connectivity index (χ0v) is 10.9. The van der Waals surface area contributed by atoms with E-state index in [2.05, 4.69) is 41.6 Å². The molecule has 0 saturated carbocycles. The molecule has 96 valence electrons. The van der Waals surface area contributed by atoms with Crippen LogP contribution in [0.5, 0.6) is 0 Å². The molecule has 2 atom stereocenters. The third-order valence-corrected chi connectivity index (χ3v) is 4.21. The predicted octanol–water partition coefficient (Wildman–Crippen LogP) is 2.48. The Balaban J connectivity index is 1.99. The summed E-state index contributed by atoms with van der Waals surface area (Å²) in [4.78, 5) is 3.38. The minimum Gasteiger partial charge on any atom is -0.361 e. The van der Waals surface area contributed by atoms with Crippen molar-refractivity contribution in [1.29, 1.82) is 0 Å². The molecule has 1 aromatic carbocycles. The highest BCUT2D eigenvalue weighted by Crippen LogP contribution is 2.31. The zero-order valence-electron chi connectivity index (χ0n) is 10.9. The second kappa shape index (κ2) is 4.75. The van der Waals surface area contributed by atoms with E-state index in [9.17, 15) is 0 Å². The molecule has 4 N–H and O–H groups in total. The fourth-order valence-electron chi connectivity index (χ4n) is 3.05. The Hall–Kier alpha value is -1.32. The van der Waals surface area contributed by atoms with E-state index in [0.717, 1.165) is 6.54 Å². The third-order valence-electron chi connectivity index (χ3n) is 4.21. The van der Waals surface area contributed by atoms with Crippen LogP contribution in [-0.2, 0) is 6.54 Å². The number of hydrogen-bond acceptors (Lipinski definition) is 2. The minimum atomic E-state index is 0.550. The zero-order chi connectivity index (χ0) is 12.5. The molecule has 2 heterocycles. The van der Waals surface area contributed by atoms with Gasteiger partial charge in [-0.05, 0) is 48.6 Å². The highest BCUT2D eigenvalue weighted by Gasteiger charge is 2.24. The Kier molecular flexibility index (Phi) is 3.10. The summed E-state index contributed by atoms with van der Waals surface area (Å²) in [5.41, 5.74) is 9.57. The number of H-pyrrole nitrogens is 1. The normalized spacial score (nSPS) is 21.6. The molecule has 3 heteroatoms. The van der Waals surface area contributed by atoms with E-state index >= 15 is 0 Å². The maximum atomic E-state index is 5.74. The van der Waals surface area contributed by atoms with Gasteiger partial charge in [0.05, 0.1) is 0 Å². The summed E-state index contributed by atoms with van der Waals surface area (Å²) in [6.45, 7) is 4.09. The molecule has 0 radical (unpaired) electrons. The molecule has 0 spiro atoms. The van der Waals surface area contributed by atoms with Gasteiger partial charge < -0.3 is 16.0 Å². The highest BCUT2D eigenvalue weighted by molar-refractivity contribution is 5.84. The Morgan fingerprint density at radius 3 is 3.06 bits per heavy atom. The lowest BCUT2D eigenvalue weighted by Crippen LogP contribution is -2.27. The number of rotatable bonds is 3. The standard InChI is InChI=1S/C15H21N3/c1-10(14-3-2-6-17-14)13-9-18-15-5-4-11(8-16)7-12(13)15/h4-5,7,9-10,14,17-18H,2-3,6,8,16H2,1H3/t10-,14?/m1/s1. The van der Waals surface area contributed by atoms with E-state index in [1.54, 1.807) is 0 Å². The number of hydrogen-bond donors (Lipinski definition) is 3. The molecule has 3 rings (SSSR count). The van der Waals surface area contributed by atoms with Crippen LogP contribution < -0.4 is 11.1 Å². The van der Waals surface area contributed by atoms with Crippen LogP contribution in [0.2, 0.25) is 0 Å². The van der Waals surface area contributed by atoms with Gasteiger partial charge in [0.25, 0.3) is 0 Å². The average molecular weight is 243 g/mol. The number of benzene rings is 1. The number of aromatic nitrogens is 1. The van der Waals surface area contributed by atoms with Crippen LogP contribution in [0.1, 0.15) is 36.8 Å². The van der Waals surface area contributed by atoms with Crippen molar-refractivity contribution in [3.05, 3.63) is 35.5 Å². The van der Waals surface area contributed by atoms with Gasteiger partial charge in [0.1, 0.15) is 0 Å². The van der Waals surface area contributed by atoms with Crippen LogP contribution in [0.3, 0.4) is 0 Å². The van der Waals surface area contributed by atoms with Gasteiger partial charge in [-0.3, -0.25) is 0 Å². The van der Waals surface area contributed by atoms with Gasteiger partial charge in [0.15, 0.2) is 0 Å². The summed E-state index contributed by atoms with van der Waals surface area (Å²) in [5, 5.41) is 4.93. The van der Waals surface area contributed by atoms with Crippen LogP contribution >= 0.6 is 0 Å². The molecular formula is C15H21N3. The quantitative estimate of drug-likeness (QED) is 0.775. The Labute approximate surface area is 108 Å². The first-order chi connectivity index (χ1) is 8.79. The number of nitrogens with two attached hydrogens (primary N) is 1. The van der Waals surface area contributed by atoms with Gasteiger partial charge in [0, 0.05) is 29.7 Å². The van der Waals surface area contributed by atoms with E-state index in [1.165, 1.54) is 34.9 Å². The van der Waals surface area contributed by atoms with Crippen LogP contribution in [0.4, 0.5) is 0 Å². The van der Waals surface area contributed by atoms with Crippen LogP contribution in [0, 0.1) is 0 Å². The number of nitrogens with one attached hydrogen (secondary N) is 2. The molecule has 1 fully saturated rings. The molecule has 1 saturated heterocycles. The first-order valence-corrected chi connectivity index (χ1v) is 6.83. The van der Waals surface area contributed by atoms with E-state index in [-0.39, 0.29) is 0 Å². The largest absolute Gasteiger partial charge is 0.361 e. The molecular weight excluding hydrogens is 222 g/mol. The van der Waals surface area contributed by atoms with Crippen molar-refractivity contribution >= 4 is 10.9 Å². The summed E-state index contributed by atoms with van der Waals surface area (Å²) in [7, 11) is 0. The van der Waals surface area contributed by atoms with Crippen molar-refractivity contribution < 1.29 is 0 Å². The molecule has 1 aromatic heterocycles. The number of fused-ring (bicyclic) bond motifs is 1. The van der Waals surface area contributed by atoms with E-state index in [1.807, 2.05) is 0 Å². The molecule has 1 unspecified atom stereocenters. The SMILES string of the molecule is C[C@H](c1c[nH]c2ccc(CN)cc12)C1CCCN1. The second-order valence-electron chi connectivity index (χ2n) is 5.32. The van der Waals surface area contributed by atoms with Crippen molar-refractivity contribution in [3.63, 3.8) is 0 Å². The summed E-state index contributed by atoms with van der Waals surface area (Å²) in [6, 6.07) is 7.08. The first kappa shape index (κ1) is 11.8. The lowest BCUT2D eigenvalue weighted by Gasteiger charge is -2.19. The van der Waals surface area contributed by atoms with E-state index in [0.29, 0.717) is 18.5 Å². The highest BCUT2D eigenvalue weighted by atomic mass is 14.9. The molecule has 2 aromatic rings. The Morgan fingerprint density at radius 2 is 2.33 bits per heavy atom. The van der Waals surface area contributed by atoms with Crippen molar-refractivity contribution in [2.75, 3.05) is 6.54 Å². The second-order valence-corrected chi connectivity index (χ2v) is 5.32. The summed E-state index contributed by atoms with van der Waals surface area (Å²) in [6.07, 6.45) is 4.74. The Morgan fingerprint density at radius 1 is 1.44 bits per heavy atom. The van der Waals surface area contributed by atoms with Gasteiger partial charge in [-0.25, -0.2) is 0 Å². The van der Waals surface area contributed by atoms with Crippen molar-refractivity contribution in [3.8, 4) is 0 Å². The first-order valence-electron chi connectivity index (χ1n) is 6.83. The Bertz CT molecular complexity index is 538. The fourth-order valence-corrected chi connectivity index (χ4v) is 3.05. The van der Waals surface area contributed by atoms with Gasteiger partial charge in [-0.2, -0.15) is 0 Å². The molecule has 0 amide bonds. The monoisotopic (exact) mass is 243 g/mol. The molecule has 1 aliphatic rings. The van der Waals surface area contributed by atoms with Gasteiger partial charge in [-0.1, -0.05) is 13.0 Å². The van der Waals surface area contributed by atoms with Gasteiger partial charge in [-0.15, -0.1) is 0 Å². The maximum Gasteiger partial charge on any atom is 0.0457 e. The maximum absolute atomic E-state index is 5.74. The smallest absolute Gasteiger partial charge is 0.0457 e. The summed E-state index contributed by atoms with van der Waals surface area (Å²) >= 11 is 0. The molecule has 0 aliphatic carbocycles. The summed E-state index contributed by atoms with van der Waals surface area (Å²) in [5.74, 6) is 0.550. The van der Waals surface area contributed by atoms with E-state index in [4.69, 9.17) is 5.73 Å². The lowest BCUT2D eigenvalue weighted by atomic mass is 9.91. The molecule has 18 heavy (non-hydrogen) atoms. The topological polar surface area (TPSA) is 53.8 Å². The van der Waals surface area contributed by atoms with Gasteiger partial charge >= 0.3 is 0 Å². The average Bonchev–Trinajstić information content (AvgIpc) is 3.06. The molecule has 1 aliphatic heterocycles. The van der Waals surface area contributed by atoms with Crippen molar-refractivity contribution in [2.45, 2.75) is 38.3 Å². The van der Waals surface area contributed by atoms with Crippen molar-refractivity contribution in [1.82, 2.24) is 10.3 Å².